The molecule has 2 fully saturated rings. The molecule has 0 aromatic carbocycles. The molecule has 0 radical (unpaired) electrons. The van der Waals surface area contributed by atoms with E-state index in [9.17, 15) is 0 Å². The summed E-state index contributed by atoms with van der Waals surface area (Å²) in [5, 5.41) is 12.2. The largest absolute Gasteiger partial charge is 0.317 e. The monoisotopic (exact) mass is 192 g/mol. The van der Waals surface area contributed by atoms with Crippen LogP contribution in [0.25, 0.3) is 0 Å². The predicted octanol–water partition coefficient (Wildman–Crippen LogP) is 2.32. The quantitative estimate of drug-likeness (QED) is 0.692. The first kappa shape index (κ1) is 9.98. The second kappa shape index (κ2) is 4.79. The van der Waals surface area contributed by atoms with Crippen molar-refractivity contribution in [3.63, 3.8) is 0 Å². The minimum absolute atomic E-state index is 0.368. The molecule has 14 heavy (non-hydrogen) atoms. The third-order valence-electron chi connectivity index (χ3n) is 4.00. The first-order chi connectivity index (χ1) is 6.90. The van der Waals surface area contributed by atoms with Crippen LogP contribution >= 0.6 is 0 Å². The van der Waals surface area contributed by atoms with Crippen molar-refractivity contribution >= 4 is 0 Å². The molecule has 1 heterocycles. The van der Waals surface area contributed by atoms with Crippen LogP contribution < -0.4 is 5.32 Å². The molecule has 78 valence electrons. The fraction of sp³-hybridized carbons (Fsp3) is 0.917. The van der Waals surface area contributed by atoms with Gasteiger partial charge in [-0.1, -0.05) is 0 Å². The summed E-state index contributed by atoms with van der Waals surface area (Å²) in [7, 11) is 0. The number of hydrogen-bond acceptors (Lipinski definition) is 2. The number of nitrogens with one attached hydrogen (secondary N) is 1. The molecule has 0 bridgehead atoms. The van der Waals surface area contributed by atoms with Crippen molar-refractivity contribution in [1.82, 2.24) is 5.32 Å². The molecule has 0 atom stereocenters. The first-order valence-electron chi connectivity index (χ1n) is 6.00. The van der Waals surface area contributed by atoms with E-state index >= 15 is 0 Å². The summed E-state index contributed by atoms with van der Waals surface area (Å²) in [6.45, 7) is 2.42. The molecule has 0 aromatic rings. The van der Waals surface area contributed by atoms with Crippen LogP contribution in [0.5, 0.6) is 0 Å². The Balaban J connectivity index is 1.79. The first-order valence-corrected chi connectivity index (χ1v) is 6.00. The van der Waals surface area contributed by atoms with Crippen LogP contribution in [-0.2, 0) is 0 Å². The molecule has 1 N–H and O–H groups in total. The predicted molar refractivity (Wildman–Crippen MR) is 56.7 cm³/mol. The lowest BCUT2D eigenvalue weighted by Crippen LogP contribution is -2.33. The zero-order chi connectivity index (χ0) is 9.80. The lowest BCUT2D eigenvalue weighted by Gasteiger charge is -2.34. The van der Waals surface area contributed by atoms with Gasteiger partial charge in [-0.05, 0) is 63.5 Å². The van der Waals surface area contributed by atoms with Gasteiger partial charge in [-0.25, -0.2) is 0 Å². The number of rotatable bonds is 1. The number of nitriles is 1. The molecule has 0 unspecified atom stereocenters. The fourth-order valence-corrected chi connectivity index (χ4v) is 3.04. The normalized spacial score (nSPS) is 35.1. The van der Waals surface area contributed by atoms with Gasteiger partial charge in [-0.2, -0.15) is 5.26 Å². The molecule has 1 saturated heterocycles. The van der Waals surface area contributed by atoms with Crippen LogP contribution in [0.3, 0.4) is 0 Å². The Morgan fingerprint density at radius 2 is 1.43 bits per heavy atom. The minimum Gasteiger partial charge on any atom is -0.317 e. The topological polar surface area (TPSA) is 35.8 Å². The summed E-state index contributed by atoms with van der Waals surface area (Å²) < 4.78 is 0. The average molecular weight is 192 g/mol. The van der Waals surface area contributed by atoms with E-state index in [2.05, 4.69) is 11.4 Å². The van der Waals surface area contributed by atoms with Gasteiger partial charge in [-0.3, -0.25) is 0 Å². The summed E-state index contributed by atoms with van der Waals surface area (Å²) in [6, 6.07) is 2.42. The van der Waals surface area contributed by atoms with Crippen LogP contribution in [0, 0.1) is 29.1 Å². The van der Waals surface area contributed by atoms with Crippen molar-refractivity contribution in [1.29, 1.82) is 5.26 Å². The van der Waals surface area contributed by atoms with Crippen molar-refractivity contribution in [2.45, 2.75) is 38.5 Å². The maximum Gasteiger partial charge on any atom is 0.0655 e. The van der Waals surface area contributed by atoms with Gasteiger partial charge < -0.3 is 5.32 Å². The van der Waals surface area contributed by atoms with E-state index in [1.807, 2.05) is 0 Å². The van der Waals surface area contributed by atoms with Crippen LogP contribution in [0.1, 0.15) is 38.5 Å². The molecule has 1 aliphatic heterocycles. The SMILES string of the molecule is N#CC1CCC(C2CCNCC2)CC1. The van der Waals surface area contributed by atoms with Gasteiger partial charge in [0.25, 0.3) is 0 Å². The minimum atomic E-state index is 0.368. The summed E-state index contributed by atoms with van der Waals surface area (Å²) >= 11 is 0. The van der Waals surface area contributed by atoms with Gasteiger partial charge in [-0.15, -0.1) is 0 Å². The molecular weight excluding hydrogens is 172 g/mol. The number of nitrogens with zero attached hydrogens (tertiary/aromatic N) is 1. The highest BCUT2D eigenvalue weighted by Gasteiger charge is 2.28. The average Bonchev–Trinajstić information content (AvgIpc) is 2.30. The van der Waals surface area contributed by atoms with Crippen LogP contribution in [0.2, 0.25) is 0 Å². The molecule has 0 aromatic heterocycles. The van der Waals surface area contributed by atoms with E-state index in [-0.39, 0.29) is 0 Å². The highest BCUT2D eigenvalue weighted by atomic mass is 14.9. The molecule has 2 nitrogen and oxygen atoms in total. The molecular formula is C12H20N2. The van der Waals surface area contributed by atoms with Crippen molar-refractivity contribution in [2.75, 3.05) is 13.1 Å². The Hall–Kier alpha value is -0.550. The zero-order valence-electron chi connectivity index (χ0n) is 8.84. The Labute approximate surface area is 86.7 Å². The van der Waals surface area contributed by atoms with Crippen LogP contribution in [-0.4, -0.2) is 13.1 Å². The summed E-state index contributed by atoms with van der Waals surface area (Å²) in [4.78, 5) is 0. The van der Waals surface area contributed by atoms with Crippen molar-refractivity contribution < 1.29 is 0 Å². The Morgan fingerprint density at radius 1 is 0.857 bits per heavy atom. The zero-order valence-corrected chi connectivity index (χ0v) is 8.84. The van der Waals surface area contributed by atoms with E-state index < -0.39 is 0 Å². The summed E-state index contributed by atoms with van der Waals surface area (Å²) in [5.41, 5.74) is 0. The van der Waals surface area contributed by atoms with Crippen molar-refractivity contribution in [3.8, 4) is 6.07 Å². The third-order valence-corrected chi connectivity index (χ3v) is 4.00. The van der Waals surface area contributed by atoms with Gasteiger partial charge >= 0.3 is 0 Å². The molecule has 0 amide bonds. The number of hydrogen-bond donors (Lipinski definition) is 1. The van der Waals surface area contributed by atoms with E-state index in [1.165, 1.54) is 38.8 Å². The van der Waals surface area contributed by atoms with Gasteiger partial charge in [0.2, 0.25) is 0 Å². The van der Waals surface area contributed by atoms with Gasteiger partial charge in [0, 0.05) is 5.92 Å². The van der Waals surface area contributed by atoms with Crippen LogP contribution in [0.15, 0.2) is 0 Å². The van der Waals surface area contributed by atoms with Gasteiger partial charge in [0.15, 0.2) is 0 Å². The molecule has 2 aliphatic rings. The third kappa shape index (κ3) is 2.27. The molecule has 2 heteroatoms. The van der Waals surface area contributed by atoms with Crippen molar-refractivity contribution in [2.24, 2.45) is 17.8 Å². The maximum absolute atomic E-state index is 8.83. The van der Waals surface area contributed by atoms with Crippen molar-refractivity contribution in [3.05, 3.63) is 0 Å². The van der Waals surface area contributed by atoms with Gasteiger partial charge in [0.05, 0.1) is 6.07 Å². The highest BCUT2D eigenvalue weighted by Crippen LogP contribution is 2.36. The maximum atomic E-state index is 8.83. The smallest absolute Gasteiger partial charge is 0.0655 e. The van der Waals surface area contributed by atoms with Gasteiger partial charge in [0.1, 0.15) is 0 Å². The summed E-state index contributed by atoms with van der Waals surface area (Å²) in [6.07, 6.45) is 7.66. The Morgan fingerprint density at radius 3 is 2.00 bits per heavy atom. The Bertz CT molecular complexity index is 205. The standard InChI is InChI=1S/C12H20N2/c13-9-10-1-3-11(4-2-10)12-5-7-14-8-6-12/h10-12,14H,1-8H2. The van der Waals surface area contributed by atoms with E-state index in [0.29, 0.717) is 5.92 Å². The number of piperidine rings is 1. The lowest BCUT2D eigenvalue weighted by molar-refractivity contribution is 0.188. The Kier molecular flexibility index (Phi) is 3.42. The molecule has 1 saturated carbocycles. The molecule has 2 rings (SSSR count). The molecule has 0 spiro atoms. The second-order valence-electron chi connectivity index (χ2n) is 4.83. The second-order valence-corrected chi connectivity index (χ2v) is 4.83. The molecule has 1 aliphatic carbocycles. The van der Waals surface area contributed by atoms with Crippen LogP contribution in [0.4, 0.5) is 0 Å². The fourth-order valence-electron chi connectivity index (χ4n) is 3.04. The highest BCUT2D eigenvalue weighted by molar-refractivity contribution is 4.89. The van der Waals surface area contributed by atoms with E-state index in [1.54, 1.807) is 0 Å². The lowest BCUT2D eigenvalue weighted by atomic mass is 9.73. The summed E-state index contributed by atoms with van der Waals surface area (Å²) in [5.74, 6) is 2.26. The van der Waals surface area contributed by atoms with E-state index in [0.717, 1.165) is 24.7 Å². The van der Waals surface area contributed by atoms with E-state index in [4.69, 9.17) is 5.26 Å².